The summed E-state index contributed by atoms with van der Waals surface area (Å²) in [5.74, 6) is 0.380. The minimum Gasteiger partial charge on any atom is -0.355 e. The molecule has 1 aliphatic heterocycles. The molecule has 2 rings (SSSR count). The fourth-order valence-corrected chi connectivity index (χ4v) is 3.83. The molecule has 8 heteroatoms. The van der Waals surface area contributed by atoms with Gasteiger partial charge in [-0.2, -0.15) is 0 Å². The van der Waals surface area contributed by atoms with Gasteiger partial charge in [-0.25, -0.2) is 13.1 Å². The molecule has 1 heterocycles. The zero-order valence-corrected chi connectivity index (χ0v) is 13.4. The topological polar surface area (TPSA) is 87.3 Å². The molecule has 3 N–H and O–H groups in total. The molecule has 3 unspecified atom stereocenters. The molecule has 1 saturated carbocycles. The highest BCUT2D eigenvalue weighted by Crippen LogP contribution is 2.25. The average Bonchev–Trinajstić information content (AvgIpc) is 2.94. The second kappa shape index (κ2) is 7.59. The number of rotatable bonds is 5. The normalized spacial score (nSPS) is 29.9. The number of nitrogens with one attached hydrogen (secondary N) is 3. The Labute approximate surface area is 126 Å². The van der Waals surface area contributed by atoms with E-state index in [0.29, 0.717) is 6.54 Å². The fraction of sp³-hybridized carbons (Fsp3) is 0.917. The van der Waals surface area contributed by atoms with Crippen LogP contribution < -0.4 is 15.4 Å². The molecule has 3 atom stereocenters. The van der Waals surface area contributed by atoms with Gasteiger partial charge in [0, 0.05) is 19.1 Å². The molecule has 0 aromatic carbocycles. The molecular weight excluding hydrogens is 302 g/mol. The monoisotopic (exact) mass is 325 g/mol. The zero-order valence-electron chi connectivity index (χ0n) is 11.7. The van der Waals surface area contributed by atoms with Crippen LogP contribution in [0.4, 0.5) is 0 Å². The van der Waals surface area contributed by atoms with E-state index in [1.54, 1.807) is 0 Å². The zero-order chi connectivity index (χ0) is 13.9. The van der Waals surface area contributed by atoms with Crippen molar-refractivity contribution in [2.45, 2.75) is 31.7 Å². The third-order valence-corrected chi connectivity index (χ3v) is 4.73. The summed E-state index contributed by atoms with van der Waals surface area (Å²) in [6.07, 6.45) is 4.92. The summed E-state index contributed by atoms with van der Waals surface area (Å²) in [6.45, 7) is 2.23. The molecule has 0 aromatic heterocycles. The van der Waals surface area contributed by atoms with E-state index in [9.17, 15) is 13.2 Å². The Hall–Kier alpha value is -0.370. The molecule has 118 valence electrons. The van der Waals surface area contributed by atoms with Crippen LogP contribution in [0.5, 0.6) is 0 Å². The van der Waals surface area contributed by atoms with E-state index >= 15 is 0 Å². The predicted molar refractivity (Wildman–Crippen MR) is 80.3 cm³/mol. The lowest BCUT2D eigenvalue weighted by Crippen LogP contribution is -2.43. The predicted octanol–water partition coefficient (Wildman–Crippen LogP) is -0.148. The maximum atomic E-state index is 11.9. The van der Waals surface area contributed by atoms with Gasteiger partial charge in [0.25, 0.3) is 0 Å². The highest BCUT2D eigenvalue weighted by atomic mass is 35.5. The van der Waals surface area contributed by atoms with Gasteiger partial charge in [0.1, 0.15) is 0 Å². The van der Waals surface area contributed by atoms with Crippen LogP contribution in [0.25, 0.3) is 0 Å². The van der Waals surface area contributed by atoms with Crippen molar-refractivity contribution in [1.82, 2.24) is 15.4 Å². The minimum absolute atomic E-state index is 0. The van der Waals surface area contributed by atoms with Gasteiger partial charge < -0.3 is 10.6 Å². The Kier molecular flexibility index (Phi) is 6.71. The number of hydrogen-bond donors (Lipinski definition) is 3. The van der Waals surface area contributed by atoms with Crippen molar-refractivity contribution in [1.29, 1.82) is 0 Å². The highest BCUT2D eigenvalue weighted by molar-refractivity contribution is 7.88. The first-order valence-electron chi connectivity index (χ1n) is 6.91. The fourth-order valence-electron chi connectivity index (χ4n) is 2.97. The molecule has 1 aliphatic carbocycles. The van der Waals surface area contributed by atoms with Gasteiger partial charge in [-0.3, -0.25) is 4.79 Å². The number of halogens is 1. The van der Waals surface area contributed by atoms with Gasteiger partial charge in [0.2, 0.25) is 15.9 Å². The largest absolute Gasteiger partial charge is 0.355 e. The van der Waals surface area contributed by atoms with Crippen LogP contribution in [0.3, 0.4) is 0 Å². The van der Waals surface area contributed by atoms with Gasteiger partial charge in [0.05, 0.1) is 12.2 Å². The van der Waals surface area contributed by atoms with E-state index < -0.39 is 10.0 Å². The number of carbonyl (C=O) groups is 1. The van der Waals surface area contributed by atoms with E-state index in [0.717, 1.165) is 38.8 Å². The lowest BCUT2D eigenvalue weighted by atomic mass is 10.0. The third kappa shape index (κ3) is 5.20. The smallest absolute Gasteiger partial charge is 0.224 e. The summed E-state index contributed by atoms with van der Waals surface area (Å²) in [5, 5.41) is 6.14. The second-order valence-corrected chi connectivity index (χ2v) is 7.40. The summed E-state index contributed by atoms with van der Waals surface area (Å²) in [4.78, 5) is 11.9. The molecule has 6 nitrogen and oxygen atoms in total. The molecule has 1 amide bonds. The molecule has 20 heavy (non-hydrogen) atoms. The lowest BCUT2D eigenvalue weighted by molar-refractivity contribution is -0.124. The Morgan fingerprint density at radius 1 is 1.30 bits per heavy atom. The van der Waals surface area contributed by atoms with Crippen LogP contribution in [-0.4, -0.2) is 46.3 Å². The summed E-state index contributed by atoms with van der Waals surface area (Å²) >= 11 is 0. The Morgan fingerprint density at radius 3 is 2.65 bits per heavy atom. The number of sulfonamides is 1. The van der Waals surface area contributed by atoms with Crippen molar-refractivity contribution in [2.75, 3.05) is 25.9 Å². The van der Waals surface area contributed by atoms with Crippen LogP contribution in [-0.2, 0) is 14.8 Å². The van der Waals surface area contributed by atoms with Gasteiger partial charge in [-0.15, -0.1) is 12.4 Å². The molecular formula is C12H24ClN3O3S. The van der Waals surface area contributed by atoms with Gasteiger partial charge in [-0.1, -0.05) is 6.42 Å². The molecule has 1 saturated heterocycles. The first-order chi connectivity index (χ1) is 8.96. The number of amides is 1. The summed E-state index contributed by atoms with van der Waals surface area (Å²) in [5.41, 5.74) is 0. The van der Waals surface area contributed by atoms with Crippen molar-refractivity contribution >= 4 is 28.3 Å². The van der Waals surface area contributed by atoms with E-state index in [4.69, 9.17) is 0 Å². The summed E-state index contributed by atoms with van der Waals surface area (Å²) in [6, 6.07) is -0.0306. The van der Waals surface area contributed by atoms with E-state index in [-0.39, 0.29) is 36.2 Å². The Bertz CT molecular complexity index is 424. The highest BCUT2D eigenvalue weighted by Gasteiger charge is 2.30. The second-order valence-electron chi connectivity index (χ2n) is 5.62. The Morgan fingerprint density at radius 2 is 2.05 bits per heavy atom. The molecule has 2 aliphatic rings. The van der Waals surface area contributed by atoms with E-state index in [1.165, 1.54) is 6.26 Å². The molecule has 0 spiro atoms. The molecule has 0 radical (unpaired) electrons. The maximum Gasteiger partial charge on any atom is 0.224 e. The molecule has 0 bridgehead atoms. The van der Waals surface area contributed by atoms with Crippen molar-refractivity contribution in [3.8, 4) is 0 Å². The number of carbonyl (C=O) groups excluding carboxylic acids is 1. The van der Waals surface area contributed by atoms with Crippen LogP contribution in [0.2, 0.25) is 0 Å². The van der Waals surface area contributed by atoms with Gasteiger partial charge in [-0.05, 0) is 31.7 Å². The standard InChI is InChI=1S/C12H23N3O3S.ClH/c1-19(17,18)15-11-4-2-3-9(11)8-14-12(16)10-5-6-13-7-10;/h9-11,13,15H,2-8H2,1H3,(H,14,16);1H. The quantitative estimate of drug-likeness (QED) is 0.656. The van der Waals surface area contributed by atoms with E-state index in [2.05, 4.69) is 15.4 Å². The average molecular weight is 326 g/mol. The Balaban J connectivity index is 0.00000200. The maximum absolute atomic E-state index is 11.9. The van der Waals surface area contributed by atoms with Crippen molar-refractivity contribution in [3.63, 3.8) is 0 Å². The van der Waals surface area contributed by atoms with Gasteiger partial charge >= 0.3 is 0 Å². The molecule has 2 fully saturated rings. The van der Waals surface area contributed by atoms with Crippen molar-refractivity contribution in [2.24, 2.45) is 11.8 Å². The lowest BCUT2D eigenvalue weighted by Gasteiger charge is -2.21. The first kappa shape index (κ1) is 17.7. The summed E-state index contributed by atoms with van der Waals surface area (Å²) < 4.78 is 25.2. The van der Waals surface area contributed by atoms with Crippen LogP contribution in [0, 0.1) is 11.8 Å². The summed E-state index contributed by atoms with van der Waals surface area (Å²) in [7, 11) is -3.17. The van der Waals surface area contributed by atoms with Crippen molar-refractivity contribution < 1.29 is 13.2 Å². The third-order valence-electron chi connectivity index (χ3n) is 3.99. The van der Waals surface area contributed by atoms with Crippen LogP contribution >= 0.6 is 12.4 Å². The minimum atomic E-state index is -3.17. The SMILES string of the molecule is CS(=O)(=O)NC1CCCC1CNC(=O)C1CCNC1.Cl. The van der Waals surface area contributed by atoms with Gasteiger partial charge in [0.15, 0.2) is 0 Å². The van der Waals surface area contributed by atoms with Crippen molar-refractivity contribution in [3.05, 3.63) is 0 Å². The van der Waals surface area contributed by atoms with Crippen LogP contribution in [0.15, 0.2) is 0 Å². The van der Waals surface area contributed by atoms with E-state index in [1.807, 2.05) is 0 Å². The molecule has 0 aromatic rings. The van der Waals surface area contributed by atoms with Crippen LogP contribution in [0.1, 0.15) is 25.7 Å². The first-order valence-corrected chi connectivity index (χ1v) is 8.80. The number of hydrogen-bond acceptors (Lipinski definition) is 4.